The van der Waals surface area contributed by atoms with Crippen LogP contribution in [0.5, 0.6) is 0 Å². The Hall–Kier alpha value is 1.16. The number of hydrogen-bond donors (Lipinski definition) is 2. The summed E-state index contributed by atoms with van der Waals surface area (Å²) in [6.07, 6.45) is 4.48. The first kappa shape index (κ1) is 20.2. The molecule has 5 unspecified atom stereocenters. The fourth-order valence-electron chi connectivity index (χ4n) is 2.60. The van der Waals surface area contributed by atoms with Gasteiger partial charge < -0.3 is 24.4 Å². The molecule has 1 radical (unpaired) electrons. The monoisotopic (exact) mass is 395 g/mol. The zero-order valence-corrected chi connectivity index (χ0v) is 16.8. The van der Waals surface area contributed by atoms with E-state index in [4.69, 9.17) is 14.0 Å². The second-order valence-electron chi connectivity index (χ2n) is 5.59. The summed E-state index contributed by atoms with van der Waals surface area (Å²) in [6.45, 7) is 7.93. The van der Waals surface area contributed by atoms with Crippen molar-refractivity contribution in [2.45, 2.75) is 38.3 Å². The van der Waals surface area contributed by atoms with Crippen LogP contribution in [0.25, 0.3) is 0 Å². The van der Waals surface area contributed by atoms with E-state index >= 15 is 0 Å². The Balaban J connectivity index is 0.00000220. The summed E-state index contributed by atoms with van der Waals surface area (Å²) < 4.78 is 19.6. The Kier molecular flexibility index (Phi) is 9.74. The number of nitrogens with one attached hydrogen (secondary N) is 1. The van der Waals surface area contributed by atoms with E-state index in [0.29, 0.717) is 13.2 Å². The maximum Gasteiger partial charge on any atom is 0.0940 e. The van der Waals surface area contributed by atoms with Crippen LogP contribution in [0, 0.1) is 0 Å². The third-order valence-electron chi connectivity index (χ3n) is 3.55. The molecule has 8 heteroatoms. The van der Waals surface area contributed by atoms with E-state index in [2.05, 4.69) is 23.2 Å². The average molecular weight is 395 g/mol. The minimum atomic E-state index is -1.30. The molecular formula is C13H27N2O4PY. The standard InChI is InChI=1S/C13H27N2O4P.Y/c1-10-4-14-5-12(18-10)9-17-20(3)15-6-11(2)19-13(7-15)8-16;/h10-14,16,20H,3-9H2,1-2H3;. The van der Waals surface area contributed by atoms with Gasteiger partial charge in [-0.05, 0) is 13.8 Å². The van der Waals surface area contributed by atoms with Gasteiger partial charge >= 0.3 is 0 Å². The van der Waals surface area contributed by atoms with Gasteiger partial charge in [0, 0.05) is 58.9 Å². The number of nitrogens with zero attached hydrogens (tertiary/aromatic N) is 1. The topological polar surface area (TPSA) is 63.2 Å². The molecule has 0 aromatic carbocycles. The molecule has 2 saturated heterocycles. The van der Waals surface area contributed by atoms with Crippen LogP contribution >= 0.6 is 7.92 Å². The smallest absolute Gasteiger partial charge is 0.0940 e. The number of hydrogen-bond acceptors (Lipinski definition) is 6. The molecule has 0 aliphatic carbocycles. The van der Waals surface area contributed by atoms with Gasteiger partial charge in [-0.15, -0.1) is 0 Å². The van der Waals surface area contributed by atoms with Crippen LogP contribution in [-0.4, -0.2) is 79.9 Å². The normalized spacial score (nSPS) is 36.0. The first-order chi connectivity index (χ1) is 9.58. The Morgan fingerprint density at radius 2 is 1.95 bits per heavy atom. The van der Waals surface area contributed by atoms with Gasteiger partial charge in [0.2, 0.25) is 0 Å². The molecule has 2 aliphatic rings. The molecule has 6 nitrogen and oxygen atoms in total. The third-order valence-corrected chi connectivity index (χ3v) is 5.12. The molecule has 121 valence electrons. The van der Waals surface area contributed by atoms with E-state index in [-0.39, 0.29) is 63.7 Å². The Labute approximate surface area is 153 Å². The molecule has 0 saturated carbocycles. The van der Waals surface area contributed by atoms with Crippen LogP contribution in [0.1, 0.15) is 13.8 Å². The second-order valence-corrected chi connectivity index (χ2v) is 7.30. The number of aliphatic hydroxyl groups is 1. The van der Waals surface area contributed by atoms with Gasteiger partial charge in [-0.1, -0.05) is 6.30 Å². The summed E-state index contributed by atoms with van der Waals surface area (Å²) in [5.74, 6) is 0. The quantitative estimate of drug-likeness (QED) is 0.636. The molecule has 21 heavy (non-hydrogen) atoms. The SMILES string of the molecule is C=[PH](OCC1CNCC(C)O1)N1CC(C)OC(CO)C1.[Y]. The minimum absolute atomic E-state index is 0. The molecular weight excluding hydrogens is 368 g/mol. The van der Waals surface area contributed by atoms with E-state index in [0.717, 1.165) is 19.6 Å². The van der Waals surface area contributed by atoms with Gasteiger partial charge in [0.15, 0.2) is 0 Å². The first-order valence-corrected chi connectivity index (χ1v) is 8.84. The fourth-order valence-corrected chi connectivity index (χ4v) is 4.03. The summed E-state index contributed by atoms with van der Waals surface area (Å²) in [7, 11) is -1.30. The molecule has 0 aromatic rings. The van der Waals surface area contributed by atoms with Gasteiger partial charge in [-0.3, -0.25) is 4.67 Å². The van der Waals surface area contributed by atoms with Crippen LogP contribution < -0.4 is 5.32 Å². The van der Waals surface area contributed by atoms with Crippen LogP contribution in [-0.2, 0) is 46.7 Å². The van der Waals surface area contributed by atoms with Crippen molar-refractivity contribution >= 4 is 14.2 Å². The van der Waals surface area contributed by atoms with Crippen molar-refractivity contribution in [3.63, 3.8) is 0 Å². The number of ether oxygens (including phenoxy) is 2. The maximum absolute atomic E-state index is 9.24. The Morgan fingerprint density at radius 1 is 1.24 bits per heavy atom. The van der Waals surface area contributed by atoms with Gasteiger partial charge in [0.1, 0.15) is 0 Å². The van der Waals surface area contributed by atoms with Crippen LogP contribution in [0.2, 0.25) is 0 Å². The molecule has 2 rings (SSSR count). The summed E-state index contributed by atoms with van der Waals surface area (Å²) in [4.78, 5) is 0. The van der Waals surface area contributed by atoms with E-state index < -0.39 is 7.92 Å². The van der Waals surface area contributed by atoms with Gasteiger partial charge in [0.25, 0.3) is 0 Å². The molecule has 2 N–H and O–H groups in total. The van der Waals surface area contributed by atoms with Crippen LogP contribution in [0.3, 0.4) is 0 Å². The molecule has 2 heterocycles. The predicted molar refractivity (Wildman–Crippen MR) is 81.6 cm³/mol. The van der Waals surface area contributed by atoms with Crippen molar-refractivity contribution in [2.24, 2.45) is 0 Å². The number of morpholine rings is 2. The zero-order chi connectivity index (χ0) is 14.5. The summed E-state index contributed by atoms with van der Waals surface area (Å²) >= 11 is 0. The van der Waals surface area contributed by atoms with Crippen molar-refractivity contribution in [2.75, 3.05) is 39.4 Å². The van der Waals surface area contributed by atoms with E-state index in [1.165, 1.54) is 0 Å². The van der Waals surface area contributed by atoms with E-state index in [1.54, 1.807) is 0 Å². The Bertz CT molecular complexity index is 337. The third kappa shape index (κ3) is 6.66. The predicted octanol–water partition coefficient (Wildman–Crippen LogP) is -0.0648. The van der Waals surface area contributed by atoms with Crippen molar-refractivity contribution in [1.82, 2.24) is 9.99 Å². The Morgan fingerprint density at radius 3 is 2.62 bits per heavy atom. The molecule has 0 bridgehead atoms. The van der Waals surface area contributed by atoms with Crippen molar-refractivity contribution in [3.05, 3.63) is 0 Å². The van der Waals surface area contributed by atoms with Gasteiger partial charge in [-0.25, -0.2) is 0 Å². The van der Waals surface area contributed by atoms with Crippen molar-refractivity contribution < 1.29 is 51.8 Å². The van der Waals surface area contributed by atoms with Gasteiger partial charge in [-0.2, -0.15) is 0 Å². The minimum Gasteiger partial charge on any atom is -0.394 e. The summed E-state index contributed by atoms with van der Waals surface area (Å²) in [5, 5.41) is 12.6. The molecule has 2 aliphatic heterocycles. The van der Waals surface area contributed by atoms with Crippen LogP contribution in [0.15, 0.2) is 0 Å². The molecule has 0 amide bonds. The largest absolute Gasteiger partial charge is 0.394 e. The van der Waals surface area contributed by atoms with Crippen LogP contribution in [0.4, 0.5) is 0 Å². The average Bonchev–Trinajstić information content (AvgIpc) is 2.44. The number of rotatable bonds is 5. The maximum atomic E-state index is 9.24. The van der Waals surface area contributed by atoms with E-state index in [1.807, 2.05) is 6.92 Å². The summed E-state index contributed by atoms with van der Waals surface area (Å²) in [6, 6.07) is 0. The second kappa shape index (κ2) is 10.1. The summed E-state index contributed by atoms with van der Waals surface area (Å²) in [5.41, 5.74) is 0. The molecule has 0 aromatic heterocycles. The van der Waals surface area contributed by atoms with Crippen molar-refractivity contribution in [1.29, 1.82) is 0 Å². The van der Waals surface area contributed by atoms with E-state index in [9.17, 15) is 5.11 Å². The fraction of sp³-hybridized carbons (Fsp3) is 0.923. The van der Waals surface area contributed by atoms with Gasteiger partial charge in [0.05, 0.1) is 45.6 Å². The number of aliphatic hydroxyl groups excluding tert-OH is 1. The van der Waals surface area contributed by atoms with Crippen molar-refractivity contribution in [3.8, 4) is 0 Å². The zero-order valence-electron chi connectivity index (χ0n) is 13.0. The molecule has 0 spiro atoms. The first-order valence-electron chi connectivity index (χ1n) is 7.27. The molecule has 5 atom stereocenters. The molecule has 2 fully saturated rings.